The Labute approximate surface area is 164 Å². The fraction of sp³-hybridized carbons (Fsp3) is 0.0400. The highest BCUT2D eigenvalue weighted by Gasteiger charge is 2.18. The second kappa shape index (κ2) is 8.31. The molecule has 0 atom stereocenters. The van der Waals surface area contributed by atoms with Gasteiger partial charge in [0.1, 0.15) is 17.2 Å². The van der Waals surface area contributed by atoms with E-state index in [1.165, 1.54) is 0 Å². The lowest BCUT2D eigenvalue weighted by atomic mass is 10.2. The summed E-state index contributed by atoms with van der Waals surface area (Å²) in [4.78, 5) is 0. The van der Waals surface area contributed by atoms with Gasteiger partial charge < -0.3 is 14.2 Å². The molecule has 0 spiro atoms. The van der Waals surface area contributed by atoms with Crippen LogP contribution in [0.3, 0.4) is 0 Å². The summed E-state index contributed by atoms with van der Waals surface area (Å²) < 4.78 is 18.5. The first-order chi connectivity index (χ1) is 13.8. The van der Waals surface area contributed by atoms with E-state index in [1.54, 1.807) is 0 Å². The van der Waals surface area contributed by atoms with Gasteiger partial charge in [-0.2, -0.15) is 0 Å². The van der Waals surface area contributed by atoms with Crippen molar-refractivity contribution in [3.63, 3.8) is 0 Å². The maximum Gasteiger partial charge on any atom is 0.212 e. The fourth-order valence-corrected chi connectivity index (χ4v) is 2.78. The van der Waals surface area contributed by atoms with E-state index in [9.17, 15) is 0 Å². The zero-order valence-electron chi connectivity index (χ0n) is 15.5. The van der Waals surface area contributed by atoms with Crippen molar-refractivity contribution >= 4 is 0 Å². The second-order valence-corrected chi connectivity index (χ2v) is 6.28. The van der Waals surface area contributed by atoms with E-state index in [1.807, 2.05) is 110 Å². The van der Waals surface area contributed by atoms with Gasteiger partial charge in [0, 0.05) is 0 Å². The molecule has 0 saturated heterocycles. The predicted octanol–water partition coefficient (Wildman–Crippen LogP) is 7.37. The van der Waals surface area contributed by atoms with Crippen molar-refractivity contribution < 1.29 is 14.2 Å². The molecule has 0 heterocycles. The lowest BCUT2D eigenvalue weighted by Gasteiger charge is -2.18. The quantitative estimate of drug-likeness (QED) is 0.355. The molecule has 0 fully saturated rings. The van der Waals surface area contributed by atoms with E-state index < -0.39 is 0 Å². The molecule has 0 aliphatic carbocycles. The van der Waals surface area contributed by atoms with Crippen molar-refractivity contribution in [3.05, 3.63) is 109 Å². The lowest BCUT2D eigenvalue weighted by molar-refractivity contribution is 0.384. The van der Waals surface area contributed by atoms with Gasteiger partial charge in [-0.05, 0) is 55.0 Å². The maximum absolute atomic E-state index is 6.22. The summed E-state index contributed by atoms with van der Waals surface area (Å²) in [5, 5.41) is 0. The molecule has 4 rings (SSSR count). The summed E-state index contributed by atoms with van der Waals surface area (Å²) in [5.41, 5.74) is 0.954. The van der Waals surface area contributed by atoms with Crippen LogP contribution in [0.15, 0.2) is 103 Å². The summed E-state index contributed by atoms with van der Waals surface area (Å²) >= 11 is 0. The van der Waals surface area contributed by atoms with Crippen LogP contribution in [0.25, 0.3) is 0 Å². The monoisotopic (exact) mass is 368 g/mol. The largest absolute Gasteiger partial charge is 0.453 e. The van der Waals surface area contributed by atoms with Crippen LogP contribution < -0.4 is 14.2 Å². The van der Waals surface area contributed by atoms with Crippen LogP contribution in [0, 0.1) is 6.92 Å². The Hall–Kier alpha value is -3.72. The van der Waals surface area contributed by atoms with Gasteiger partial charge in [-0.25, -0.2) is 0 Å². The number of aryl methyl sites for hydroxylation is 1. The first-order valence-corrected chi connectivity index (χ1v) is 9.12. The molecule has 0 saturated carbocycles. The van der Waals surface area contributed by atoms with Gasteiger partial charge in [0.2, 0.25) is 5.75 Å². The zero-order chi connectivity index (χ0) is 19.2. The smallest absolute Gasteiger partial charge is 0.212 e. The number of para-hydroxylation sites is 3. The second-order valence-electron chi connectivity index (χ2n) is 6.28. The number of hydrogen-bond donors (Lipinski definition) is 0. The predicted molar refractivity (Wildman–Crippen MR) is 111 cm³/mol. The van der Waals surface area contributed by atoms with Crippen molar-refractivity contribution in [1.29, 1.82) is 0 Å². The van der Waals surface area contributed by atoms with Gasteiger partial charge in [-0.1, -0.05) is 60.7 Å². The highest BCUT2D eigenvalue weighted by molar-refractivity contribution is 5.59. The number of rotatable bonds is 6. The lowest BCUT2D eigenvalue weighted by Crippen LogP contribution is -1.96. The maximum atomic E-state index is 6.22. The minimum Gasteiger partial charge on any atom is -0.453 e. The summed E-state index contributed by atoms with van der Waals surface area (Å²) in [6.45, 7) is 1.99. The van der Waals surface area contributed by atoms with Crippen molar-refractivity contribution in [2.75, 3.05) is 0 Å². The molecule has 4 aromatic rings. The van der Waals surface area contributed by atoms with Gasteiger partial charge in [0.15, 0.2) is 11.5 Å². The first-order valence-electron chi connectivity index (χ1n) is 9.12. The molecule has 138 valence electrons. The van der Waals surface area contributed by atoms with Crippen LogP contribution >= 0.6 is 0 Å². The van der Waals surface area contributed by atoms with Gasteiger partial charge in [0.25, 0.3) is 0 Å². The molecule has 4 aromatic carbocycles. The van der Waals surface area contributed by atoms with Gasteiger partial charge in [-0.15, -0.1) is 0 Å². The Kier molecular flexibility index (Phi) is 5.25. The Balaban J connectivity index is 1.77. The van der Waals surface area contributed by atoms with Crippen LogP contribution in [-0.4, -0.2) is 0 Å². The van der Waals surface area contributed by atoms with Crippen LogP contribution in [0.4, 0.5) is 0 Å². The van der Waals surface area contributed by atoms with E-state index in [2.05, 4.69) is 0 Å². The fourth-order valence-electron chi connectivity index (χ4n) is 2.78. The third-order valence-electron chi connectivity index (χ3n) is 4.17. The van der Waals surface area contributed by atoms with Crippen LogP contribution in [0.2, 0.25) is 0 Å². The standard InChI is InChI=1S/C25H20O3/c1-19-17-18-23(26-20-11-5-2-6-12-20)25(28-22-15-9-4-10-16-22)24(19)27-21-13-7-3-8-14-21/h2-18H,1H3. The summed E-state index contributed by atoms with van der Waals surface area (Å²) in [6.07, 6.45) is 0. The molecule has 0 aliphatic heterocycles. The minimum absolute atomic E-state index is 0.541. The van der Waals surface area contributed by atoms with Crippen molar-refractivity contribution in [3.8, 4) is 34.5 Å². The molecule has 0 radical (unpaired) electrons. The Morgan fingerprint density at radius 1 is 0.429 bits per heavy atom. The van der Waals surface area contributed by atoms with E-state index >= 15 is 0 Å². The van der Waals surface area contributed by atoms with E-state index in [4.69, 9.17) is 14.2 Å². The van der Waals surface area contributed by atoms with Gasteiger partial charge in [-0.3, -0.25) is 0 Å². The van der Waals surface area contributed by atoms with E-state index in [-0.39, 0.29) is 0 Å². The topological polar surface area (TPSA) is 27.7 Å². The Morgan fingerprint density at radius 3 is 1.36 bits per heavy atom. The molecular formula is C25H20O3. The van der Waals surface area contributed by atoms with Crippen molar-refractivity contribution in [2.45, 2.75) is 6.92 Å². The molecule has 0 amide bonds. The van der Waals surface area contributed by atoms with E-state index in [0.29, 0.717) is 23.0 Å². The first kappa shape index (κ1) is 17.7. The molecule has 0 aliphatic rings. The Bertz CT molecular complexity index is 1030. The Morgan fingerprint density at radius 2 is 0.857 bits per heavy atom. The van der Waals surface area contributed by atoms with Crippen LogP contribution in [0.5, 0.6) is 34.5 Å². The third kappa shape index (κ3) is 4.15. The average molecular weight is 368 g/mol. The molecule has 0 bridgehead atoms. The molecule has 0 aromatic heterocycles. The van der Waals surface area contributed by atoms with Crippen molar-refractivity contribution in [2.24, 2.45) is 0 Å². The van der Waals surface area contributed by atoms with Gasteiger partial charge in [0.05, 0.1) is 0 Å². The highest BCUT2D eigenvalue weighted by atomic mass is 16.5. The van der Waals surface area contributed by atoms with E-state index in [0.717, 1.165) is 17.1 Å². The van der Waals surface area contributed by atoms with Crippen LogP contribution in [0.1, 0.15) is 5.56 Å². The number of hydrogen-bond acceptors (Lipinski definition) is 3. The van der Waals surface area contributed by atoms with Gasteiger partial charge >= 0.3 is 0 Å². The number of ether oxygens (including phenoxy) is 3. The average Bonchev–Trinajstić information content (AvgIpc) is 2.75. The molecule has 3 nitrogen and oxygen atoms in total. The molecule has 3 heteroatoms. The van der Waals surface area contributed by atoms with Crippen molar-refractivity contribution in [1.82, 2.24) is 0 Å². The highest BCUT2D eigenvalue weighted by Crippen LogP contribution is 2.45. The summed E-state index contributed by atoms with van der Waals surface area (Å²) in [7, 11) is 0. The zero-order valence-corrected chi connectivity index (χ0v) is 15.5. The molecule has 0 unspecified atom stereocenters. The number of benzene rings is 4. The minimum atomic E-state index is 0.541. The normalized spacial score (nSPS) is 10.3. The molecule has 0 N–H and O–H groups in total. The third-order valence-corrected chi connectivity index (χ3v) is 4.17. The van der Waals surface area contributed by atoms with Crippen LogP contribution in [-0.2, 0) is 0 Å². The molecule has 28 heavy (non-hydrogen) atoms. The SMILES string of the molecule is Cc1ccc(Oc2ccccc2)c(Oc2ccccc2)c1Oc1ccccc1. The summed E-state index contributed by atoms with van der Waals surface area (Å²) in [6, 6.07) is 32.8. The summed E-state index contributed by atoms with van der Waals surface area (Å²) in [5.74, 6) is 3.94. The molecular weight excluding hydrogens is 348 g/mol.